The number of thiazole rings is 1. The number of aromatic nitrogens is 1. The van der Waals surface area contributed by atoms with Gasteiger partial charge in [-0.1, -0.05) is 26.2 Å². The number of nitrogens with two attached hydrogens (primary N) is 1. The quantitative estimate of drug-likeness (QED) is 0.337. The first-order valence-corrected chi connectivity index (χ1v) is 6.63. The van der Waals surface area contributed by atoms with Crippen molar-refractivity contribution in [3.05, 3.63) is 16.6 Å². The van der Waals surface area contributed by atoms with Gasteiger partial charge >= 0.3 is 0 Å². The van der Waals surface area contributed by atoms with E-state index in [1.807, 2.05) is 5.38 Å². The Morgan fingerprint density at radius 1 is 1.47 bits per heavy atom. The lowest BCUT2D eigenvalue weighted by Crippen LogP contribution is -2.32. The number of halogens is 1. The van der Waals surface area contributed by atoms with E-state index < -0.39 is 0 Å². The number of nitrogens with one attached hydrogen (secondary N) is 1. The predicted octanol–water partition coefficient (Wildman–Crippen LogP) is 2.75. The molecule has 6 heteroatoms. The smallest absolute Gasteiger partial charge is 0.189 e. The number of unbranched alkanes of at least 4 members (excludes halogenated alkanes) is 3. The molecule has 0 spiro atoms. The molecule has 0 bridgehead atoms. The number of hydrogen-bond donors (Lipinski definition) is 2. The van der Waals surface area contributed by atoms with Crippen LogP contribution in [0.1, 0.15) is 37.6 Å². The summed E-state index contributed by atoms with van der Waals surface area (Å²) in [4.78, 5) is 8.35. The molecule has 0 fully saturated rings. The minimum Gasteiger partial charge on any atom is -0.370 e. The molecule has 0 amide bonds. The van der Waals surface area contributed by atoms with Gasteiger partial charge in [0.15, 0.2) is 5.96 Å². The third-order valence-electron chi connectivity index (χ3n) is 2.20. The lowest BCUT2D eigenvalue weighted by molar-refractivity contribution is 0.652. The number of aliphatic imine (C=N–C) groups is 1. The van der Waals surface area contributed by atoms with Gasteiger partial charge in [-0.25, -0.2) is 9.98 Å². The van der Waals surface area contributed by atoms with E-state index in [0.29, 0.717) is 12.5 Å². The topological polar surface area (TPSA) is 63.3 Å². The molecule has 4 nitrogen and oxygen atoms in total. The highest BCUT2D eigenvalue weighted by Crippen LogP contribution is 2.04. The molecule has 3 N–H and O–H groups in total. The predicted molar refractivity (Wildman–Crippen MR) is 85.0 cm³/mol. The summed E-state index contributed by atoms with van der Waals surface area (Å²) < 4.78 is 0. The molecular formula is C11H21IN4S. The van der Waals surface area contributed by atoms with Crippen molar-refractivity contribution >= 4 is 41.3 Å². The summed E-state index contributed by atoms with van der Waals surface area (Å²) >= 11 is 1.60. The lowest BCUT2D eigenvalue weighted by atomic mass is 10.2. The first kappa shape index (κ1) is 16.6. The number of nitrogens with zero attached hydrogens (tertiary/aromatic N) is 2. The monoisotopic (exact) mass is 368 g/mol. The summed E-state index contributed by atoms with van der Waals surface area (Å²) in [5.41, 5.74) is 5.72. The maximum absolute atomic E-state index is 5.72. The van der Waals surface area contributed by atoms with Crippen LogP contribution in [0, 0.1) is 0 Å². The molecule has 0 radical (unpaired) electrons. The minimum atomic E-state index is 0. The number of rotatable bonds is 7. The second-order valence-corrected chi connectivity index (χ2v) is 4.59. The molecule has 0 aliphatic rings. The van der Waals surface area contributed by atoms with E-state index >= 15 is 0 Å². The average molecular weight is 368 g/mol. The van der Waals surface area contributed by atoms with Crippen LogP contribution in [0.2, 0.25) is 0 Å². The van der Waals surface area contributed by atoms with Gasteiger partial charge in [0.05, 0.1) is 6.54 Å². The van der Waals surface area contributed by atoms with E-state index in [-0.39, 0.29) is 24.0 Å². The Morgan fingerprint density at radius 3 is 2.94 bits per heavy atom. The Kier molecular flexibility index (Phi) is 10.5. The van der Waals surface area contributed by atoms with Crippen molar-refractivity contribution in [3.8, 4) is 0 Å². The van der Waals surface area contributed by atoms with Gasteiger partial charge in [-0.15, -0.1) is 35.3 Å². The Balaban J connectivity index is 0.00000256. The average Bonchev–Trinajstić information content (AvgIpc) is 2.79. The first-order chi connectivity index (χ1) is 7.83. The van der Waals surface area contributed by atoms with Gasteiger partial charge in [-0.2, -0.15) is 0 Å². The van der Waals surface area contributed by atoms with Gasteiger partial charge in [0.1, 0.15) is 5.01 Å². The zero-order valence-electron chi connectivity index (χ0n) is 10.2. The fourth-order valence-corrected chi connectivity index (χ4v) is 1.85. The zero-order chi connectivity index (χ0) is 11.6. The van der Waals surface area contributed by atoms with E-state index in [1.165, 1.54) is 19.3 Å². The summed E-state index contributed by atoms with van der Waals surface area (Å²) in [5.74, 6) is 0.520. The van der Waals surface area contributed by atoms with Crippen LogP contribution in [-0.4, -0.2) is 17.5 Å². The standard InChI is InChI=1S/C11H20N4S.HI/c1-2-3-4-5-6-14-11(12)15-9-10-13-7-8-16-10;/h7-8H,2-6,9H2,1H3,(H3,12,14,15);1H. The molecule has 98 valence electrons. The van der Waals surface area contributed by atoms with Crippen molar-refractivity contribution in [1.29, 1.82) is 0 Å². The molecule has 1 heterocycles. The van der Waals surface area contributed by atoms with Gasteiger partial charge in [-0.05, 0) is 6.42 Å². The second-order valence-electron chi connectivity index (χ2n) is 3.61. The van der Waals surface area contributed by atoms with Gasteiger partial charge < -0.3 is 11.1 Å². The highest BCUT2D eigenvalue weighted by atomic mass is 127. The molecule has 0 atom stereocenters. The van der Waals surface area contributed by atoms with Crippen molar-refractivity contribution in [1.82, 2.24) is 10.3 Å². The van der Waals surface area contributed by atoms with Crippen LogP contribution in [-0.2, 0) is 6.54 Å². The highest BCUT2D eigenvalue weighted by molar-refractivity contribution is 14.0. The summed E-state index contributed by atoms with van der Waals surface area (Å²) in [7, 11) is 0. The Morgan fingerprint density at radius 2 is 2.29 bits per heavy atom. The number of guanidine groups is 1. The molecule has 0 aliphatic carbocycles. The van der Waals surface area contributed by atoms with Gasteiger partial charge in [0.2, 0.25) is 0 Å². The van der Waals surface area contributed by atoms with Gasteiger partial charge in [0, 0.05) is 18.1 Å². The molecular weight excluding hydrogens is 347 g/mol. The van der Waals surface area contributed by atoms with E-state index in [2.05, 4.69) is 22.2 Å². The highest BCUT2D eigenvalue weighted by Gasteiger charge is 1.94. The molecule has 0 saturated carbocycles. The normalized spacial score (nSPS) is 11.0. The van der Waals surface area contributed by atoms with Crippen molar-refractivity contribution in [2.45, 2.75) is 39.2 Å². The molecule has 0 unspecified atom stereocenters. The van der Waals surface area contributed by atoms with Gasteiger partial charge in [-0.3, -0.25) is 0 Å². The summed E-state index contributed by atoms with van der Waals surface area (Å²) in [6, 6.07) is 0. The summed E-state index contributed by atoms with van der Waals surface area (Å²) in [5, 5.41) is 6.05. The molecule has 0 aliphatic heterocycles. The largest absolute Gasteiger partial charge is 0.370 e. The Hall–Kier alpha value is -0.370. The maximum atomic E-state index is 5.72. The molecule has 0 aromatic carbocycles. The van der Waals surface area contributed by atoms with E-state index in [4.69, 9.17) is 5.73 Å². The Labute approximate surface area is 124 Å². The second kappa shape index (κ2) is 10.8. The van der Waals surface area contributed by atoms with Crippen LogP contribution in [0.15, 0.2) is 16.6 Å². The van der Waals surface area contributed by atoms with Crippen LogP contribution in [0.4, 0.5) is 0 Å². The summed E-state index contributed by atoms with van der Waals surface area (Å²) in [6.45, 7) is 3.69. The van der Waals surface area contributed by atoms with E-state index in [0.717, 1.165) is 18.0 Å². The summed E-state index contributed by atoms with van der Waals surface area (Å²) in [6.07, 6.45) is 6.74. The maximum Gasteiger partial charge on any atom is 0.189 e. The van der Waals surface area contributed by atoms with Crippen molar-refractivity contribution in [2.24, 2.45) is 10.7 Å². The van der Waals surface area contributed by atoms with Gasteiger partial charge in [0.25, 0.3) is 0 Å². The first-order valence-electron chi connectivity index (χ1n) is 5.75. The van der Waals surface area contributed by atoms with E-state index in [1.54, 1.807) is 17.5 Å². The Bertz CT molecular complexity index is 300. The van der Waals surface area contributed by atoms with Crippen LogP contribution < -0.4 is 11.1 Å². The number of hydrogen-bond acceptors (Lipinski definition) is 3. The van der Waals surface area contributed by atoms with Crippen molar-refractivity contribution in [2.75, 3.05) is 6.54 Å². The van der Waals surface area contributed by atoms with Crippen LogP contribution in [0.3, 0.4) is 0 Å². The fourth-order valence-electron chi connectivity index (χ4n) is 1.31. The SMILES string of the molecule is CCCCCCNC(N)=NCc1nccs1.I. The van der Waals surface area contributed by atoms with E-state index in [9.17, 15) is 0 Å². The van der Waals surface area contributed by atoms with Crippen LogP contribution in [0.5, 0.6) is 0 Å². The zero-order valence-corrected chi connectivity index (χ0v) is 13.3. The minimum absolute atomic E-state index is 0. The fraction of sp³-hybridized carbons (Fsp3) is 0.636. The molecule has 1 aromatic rings. The molecule has 1 aromatic heterocycles. The third-order valence-corrected chi connectivity index (χ3v) is 2.97. The van der Waals surface area contributed by atoms with Crippen molar-refractivity contribution in [3.63, 3.8) is 0 Å². The molecule has 17 heavy (non-hydrogen) atoms. The van der Waals surface area contributed by atoms with Crippen LogP contribution in [0.25, 0.3) is 0 Å². The molecule has 0 saturated heterocycles. The lowest BCUT2D eigenvalue weighted by Gasteiger charge is -2.04. The van der Waals surface area contributed by atoms with Crippen LogP contribution >= 0.6 is 35.3 Å². The van der Waals surface area contributed by atoms with Crippen molar-refractivity contribution < 1.29 is 0 Å². The third kappa shape index (κ3) is 8.37. The molecule has 1 rings (SSSR count).